The third kappa shape index (κ3) is 3.68. The second kappa shape index (κ2) is 7.55. The number of benzene rings is 3. The first-order valence-corrected chi connectivity index (χ1v) is 9.07. The lowest BCUT2D eigenvalue weighted by Gasteiger charge is -2.21. The molecule has 0 aliphatic carbocycles. The Morgan fingerprint density at radius 1 is 0.893 bits per heavy atom. The Morgan fingerprint density at radius 2 is 1.57 bits per heavy atom. The molecular weight excluding hydrogens is 390 g/mol. The van der Waals surface area contributed by atoms with Crippen LogP contribution in [-0.4, -0.2) is 5.96 Å². The molecule has 1 heterocycles. The first-order chi connectivity index (χ1) is 13.5. The second-order valence-corrected chi connectivity index (χ2v) is 6.85. The summed E-state index contributed by atoms with van der Waals surface area (Å²) < 4.78 is 59.1. The van der Waals surface area contributed by atoms with Crippen molar-refractivity contribution in [3.63, 3.8) is 0 Å². The Hall–Kier alpha value is -3.00. The van der Waals surface area contributed by atoms with E-state index in [1.165, 1.54) is 30.3 Å². The maximum Gasteiger partial charge on any atom is 0.208 e. The maximum atomic E-state index is 13.8. The van der Waals surface area contributed by atoms with Crippen molar-refractivity contribution in [1.82, 2.24) is 5.32 Å². The fraction of sp³-hybridized carbons (Fsp3) is 0.0500. The van der Waals surface area contributed by atoms with E-state index < -0.39 is 23.3 Å². The molecule has 3 aromatic carbocycles. The van der Waals surface area contributed by atoms with Gasteiger partial charge in [0, 0.05) is 35.7 Å². The van der Waals surface area contributed by atoms with Crippen LogP contribution in [0.15, 0.2) is 63.9 Å². The number of hydrogen-bond acceptors (Lipinski definition) is 4. The van der Waals surface area contributed by atoms with E-state index in [0.717, 1.165) is 22.9 Å². The number of halogens is 4. The highest BCUT2D eigenvalue weighted by Gasteiger charge is 2.19. The summed E-state index contributed by atoms with van der Waals surface area (Å²) in [6.45, 7) is -0.114. The van der Waals surface area contributed by atoms with Crippen LogP contribution in [0.4, 0.5) is 23.2 Å². The average Bonchev–Trinajstić information content (AvgIpc) is 2.66. The molecule has 0 bridgehead atoms. The molecule has 3 aromatic rings. The van der Waals surface area contributed by atoms with Crippen LogP contribution < -0.4 is 10.6 Å². The molecule has 0 aromatic heterocycles. The van der Waals surface area contributed by atoms with Gasteiger partial charge in [-0.15, -0.1) is 0 Å². The summed E-state index contributed by atoms with van der Waals surface area (Å²) in [5.74, 6) is -2.40. The predicted molar refractivity (Wildman–Crippen MR) is 102 cm³/mol. The number of anilines is 1. The summed E-state index contributed by atoms with van der Waals surface area (Å²) in [6.07, 6.45) is 0. The average molecular weight is 403 g/mol. The lowest BCUT2D eigenvalue weighted by Crippen LogP contribution is -2.32. The largest absolute Gasteiger partial charge is 0.351 e. The Bertz CT molecular complexity index is 1040. The Morgan fingerprint density at radius 3 is 2.29 bits per heavy atom. The summed E-state index contributed by atoms with van der Waals surface area (Å²) in [5, 5.41) is 5.89. The van der Waals surface area contributed by atoms with Crippen molar-refractivity contribution in [2.24, 2.45) is 4.40 Å². The van der Waals surface area contributed by atoms with E-state index in [4.69, 9.17) is 0 Å². The molecule has 1 aliphatic rings. The minimum Gasteiger partial charge on any atom is -0.351 e. The lowest BCUT2D eigenvalue weighted by molar-refractivity contribution is 0.551. The Balaban J connectivity index is 1.60. The summed E-state index contributed by atoms with van der Waals surface area (Å²) >= 11 is 1.15. The molecule has 0 saturated carbocycles. The number of guanidine groups is 1. The van der Waals surface area contributed by atoms with Gasteiger partial charge in [-0.2, -0.15) is 4.40 Å². The van der Waals surface area contributed by atoms with E-state index in [9.17, 15) is 17.6 Å². The molecule has 0 spiro atoms. The topological polar surface area (TPSA) is 36.4 Å². The molecule has 1 aliphatic heterocycles. The van der Waals surface area contributed by atoms with Gasteiger partial charge in [0.1, 0.15) is 23.3 Å². The van der Waals surface area contributed by atoms with E-state index in [2.05, 4.69) is 15.0 Å². The molecule has 0 fully saturated rings. The van der Waals surface area contributed by atoms with Crippen LogP contribution in [0.25, 0.3) is 11.1 Å². The monoisotopic (exact) mass is 403 g/mol. The van der Waals surface area contributed by atoms with Crippen molar-refractivity contribution >= 4 is 23.6 Å². The van der Waals surface area contributed by atoms with Crippen molar-refractivity contribution in [1.29, 1.82) is 0 Å². The zero-order valence-corrected chi connectivity index (χ0v) is 15.1. The predicted octanol–water partition coefficient (Wildman–Crippen LogP) is 5.49. The van der Waals surface area contributed by atoms with E-state index in [1.807, 2.05) is 6.07 Å². The van der Waals surface area contributed by atoms with Gasteiger partial charge in [-0.1, -0.05) is 18.2 Å². The van der Waals surface area contributed by atoms with Gasteiger partial charge in [0.25, 0.3) is 0 Å². The van der Waals surface area contributed by atoms with Gasteiger partial charge >= 0.3 is 0 Å². The van der Waals surface area contributed by atoms with Gasteiger partial charge in [-0.05, 0) is 35.9 Å². The van der Waals surface area contributed by atoms with Gasteiger partial charge in [0.2, 0.25) is 5.96 Å². The maximum absolute atomic E-state index is 13.8. The molecule has 28 heavy (non-hydrogen) atoms. The van der Waals surface area contributed by atoms with E-state index >= 15 is 0 Å². The first-order valence-electron chi connectivity index (χ1n) is 8.29. The van der Waals surface area contributed by atoms with Crippen LogP contribution in [0, 0.1) is 23.3 Å². The highest BCUT2D eigenvalue weighted by molar-refractivity contribution is 7.98. The highest BCUT2D eigenvalue weighted by atomic mass is 32.2. The molecule has 3 nitrogen and oxygen atoms in total. The van der Waals surface area contributed by atoms with Gasteiger partial charge in [0.05, 0.1) is 10.6 Å². The normalized spacial score (nSPS) is 12.8. The SMILES string of the molecule is Fc1cc(F)cc(-c2cccc3c2NC(NCc2c(F)cccc2F)=NS3)c1. The first kappa shape index (κ1) is 18.4. The minimum atomic E-state index is -0.682. The quantitative estimate of drug-likeness (QED) is 0.449. The minimum absolute atomic E-state index is 0.108. The van der Waals surface area contributed by atoms with Crippen molar-refractivity contribution in [3.8, 4) is 11.1 Å². The van der Waals surface area contributed by atoms with E-state index in [0.29, 0.717) is 16.8 Å². The molecule has 4 rings (SSSR count). The molecule has 0 unspecified atom stereocenters. The lowest BCUT2D eigenvalue weighted by atomic mass is 10.0. The number of rotatable bonds is 3. The van der Waals surface area contributed by atoms with Crippen molar-refractivity contribution in [3.05, 3.63) is 83.4 Å². The van der Waals surface area contributed by atoms with Gasteiger partial charge in [-0.3, -0.25) is 0 Å². The van der Waals surface area contributed by atoms with Crippen molar-refractivity contribution < 1.29 is 17.6 Å². The summed E-state index contributed by atoms with van der Waals surface area (Å²) in [7, 11) is 0. The number of nitrogens with one attached hydrogen (secondary N) is 2. The molecular formula is C20H13F4N3S. The molecule has 142 valence electrons. The number of fused-ring (bicyclic) bond motifs is 1. The molecule has 2 N–H and O–H groups in total. The molecule has 0 saturated heterocycles. The summed E-state index contributed by atoms with van der Waals surface area (Å²) in [4.78, 5) is 0.754. The van der Waals surface area contributed by atoms with Gasteiger partial charge in [-0.25, -0.2) is 17.6 Å². The smallest absolute Gasteiger partial charge is 0.208 e. The number of nitrogens with zero attached hydrogens (tertiary/aromatic N) is 1. The van der Waals surface area contributed by atoms with Crippen LogP contribution in [-0.2, 0) is 6.54 Å². The molecule has 0 radical (unpaired) electrons. The van der Waals surface area contributed by atoms with Crippen LogP contribution in [0.2, 0.25) is 0 Å². The Kier molecular flexibility index (Phi) is 4.95. The zero-order valence-electron chi connectivity index (χ0n) is 14.3. The van der Waals surface area contributed by atoms with Crippen LogP contribution in [0.3, 0.4) is 0 Å². The Labute approximate surface area is 162 Å². The van der Waals surface area contributed by atoms with Gasteiger partial charge < -0.3 is 10.6 Å². The summed E-state index contributed by atoms with van der Waals surface area (Å²) in [6, 6.07) is 12.2. The zero-order chi connectivity index (χ0) is 19.7. The third-order valence-electron chi connectivity index (χ3n) is 4.17. The third-order valence-corrected chi connectivity index (χ3v) is 4.98. The second-order valence-electron chi connectivity index (χ2n) is 6.05. The fourth-order valence-corrected chi connectivity index (χ4v) is 3.56. The molecule has 0 amide bonds. The van der Waals surface area contributed by atoms with Crippen LogP contribution in [0.1, 0.15) is 5.56 Å². The summed E-state index contributed by atoms with van der Waals surface area (Å²) in [5.41, 5.74) is 1.44. The van der Waals surface area contributed by atoms with Gasteiger partial charge in [0.15, 0.2) is 0 Å². The number of hydrogen-bond donors (Lipinski definition) is 2. The van der Waals surface area contributed by atoms with E-state index in [-0.39, 0.29) is 18.1 Å². The molecule has 8 heteroatoms. The van der Waals surface area contributed by atoms with Crippen molar-refractivity contribution in [2.45, 2.75) is 11.4 Å². The van der Waals surface area contributed by atoms with E-state index in [1.54, 1.807) is 12.1 Å². The number of para-hydroxylation sites is 1. The van der Waals surface area contributed by atoms with Crippen LogP contribution in [0.5, 0.6) is 0 Å². The highest BCUT2D eigenvalue weighted by Crippen LogP contribution is 2.39. The fourth-order valence-electron chi connectivity index (χ4n) is 2.87. The molecule has 0 atom stereocenters. The standard InChI is InChI=1S/C20H13F4N3S/c21-12-7-11(8-13(22)9-12)14-3-1-6-18-19(14)26-20(27-28-18)25-10-15-16(23)4-2-5-17(15)24/h1-9H,10H2,(H2,25,26,27). The van der Waals surface area contributed by atoms with Crippen LogP contribution >= 0.6 is 11.9 Å². The van der Waals surface area contributed by atoms with Crippen molar-refractivity contribution in [2.75, 3.05) is 5.32 Å².